The van der Waals surface area contributed by atoms with Gasteiger partial charge in [-0.05, 0) is 29.3 Å². The van der Waals surface area contributed by atoms with Crippen molar-refractivity contribution in [3.05, 3.63) is 35.1 Å². The van der Waals surface area contributed by atoms with E-state index in [9.17, 15) is 0 Å². The minimum absolute atomic E-state index is 0.0833. The lowest BCUT2D eigenvalue weighted by molar-refractivity contribution is 0.414. The molecule has 0 bridgehead atoms. The van der Waals surface area contributed by atoms with Crippen LogP contribution < -0.4 is 15.4 Å². The van der Waals surface area contributed by atoms with E-state index < -0.39 is 0 Å². The third-order valence-electron chi connectivity index (χ3n) is 2.51. The Balaban J connectivity index is 2.17. The fourth-order valence-corrected chi connectivity index (χ4v) is 1.80. The summed E-state index contributed by atoms with van der Waals surface area (Å²) in [7, 11) is 3.49. The summed E-state index contributed by atoms with van der Waals surface area (Å²) in [5.41, 5.74) is 6.61. The first-order valence-corrected chi connectivity index (χ1v) is 5.97. The number of aromatic nitrogens is 3. The third-order valence-corrected chi connectivity index (χ3v) is 2.68. The quantitative estimate of drug-likeness (QED) is 0.919. The second kappa shape index (κ2) is 5.71. The zero-order valence-corrected chi connectivity index (χ0v) is 11.4. The molecule has 1 aromatic carbocycles. The summed E-state index contributed by atoms with van der Waals surface area (Å²) in [5, 5.41) is 0.0833. The van der Waals surface area contributed by atoms with E-state index in [0.29, 0.717) is 12.5 Å². The molecule has 100 valence electrons. The normalized spacial score (nSPS) is 10.3. The Bertz CT molecular complexity index is 558. The number of nitrogens with zero attached hydrogens (tertiary/aromatic N) is 4. The van der Waals surface area contributed by atoms with Crippen molar-refractivity contribution in [3.63, 3.8) is 0 Å². The first-order valence-electron chi connectivity index (χ1n) is 5.59. The fraction of sp³-hybridized carbons (Fsp3) is 0.250. The van der Waals surface area contributed by atoms with Crippen LogP contribution in [-0.2, 0) is 6.54 Å². The average molecular weight is 280 g/mol. The number of rotatable bonds is 4. The number of halogens is 1. The maximum atomic E-state index is 5.76. The predicted octanol–water partition coefficient (Wildman–Crippen LogP) is 1.75. The number of ether oxygens (including phenoxy) is 1. The van der Waals surface area contributed by atoms with Crippen molar-refractivity contribution >= 4 is 23.5 Å². The highest BCUT2D eigenvalue weighted by atomic mass is 35.5. The number of benzene rings is 1. The molecule has 2 aromatic rings. The van der Waals surface area contributed by atoms with Crippen molar-refractivity contribution in [2.75, 3.05) is 24.8 Å². The van der Waals surface area contributed by atoms with Crippen LogP contribution in [0.2, 0.25) is 5.28 Å². The Labute approximate surface area is 116 Å². The van der Waals surface area contributed by atoms with E-state index >= 15 is 0 Å². The average Bonchev–Trinajstić information content (AvgIpc) is 2.37. The second-order valence-electron chi connectivity index (χ2n) is 3.97. The van der Waals surface area contributed by atoms with Gasteiger partial charge in [0.15, 0.2) is 0 Å². The molecular formula is C12H14ClN5O. The lowest BCUT2D eigenvalue weighted by Crippen LogP contribution is -2.20. The van der Waals surface area contributed by atoms with E-state index in [-0.39, 0.29) is 11.2 Å². The van der Waals surface area contributed by atoms with Crippen LogP contribution in [0.25, 0.3) is 0 Å². The number of methoxy groups -OCH3 is 1. The van der Waals surface area contributed by atoms with Crippen molar-refractivity contribution < 1.29 is 4.74 Å². The molecule has 0 fully saturated rings. The van der Waals surface area contributed by atoms with Gasteiger partial charge < -0.3 is 15.4 Å². The molecule has 0 unspecified atom stereocenters. The van der Waals surface area contributed by atoms with Crippen LogP contribution in [0.5, 0.6) is 5.75 Å². The van der Waals surface area contributed by atoms with Crippen molar-refractivity contribution in [3.8, 4) is 5.75 Å². The monoisotopic (exact) mass is 279 g/mol. The molecule has 1 aromatic heterocycles. The molecule has 2 N–H and O–H groups in total. The number of hydrogen-bond donors (Lipinski definition) is 1. The fourth-order valence-electron chi connectivity index (χ4n) is 1.64. The van der Waals surface area contributed by atoms with Crippen LogP contribution in [0.3, 0.4) is 0 Å². The molecule has 1 heterocycles. The van der Waals surface area contributed by atoms with E-state index in [1.54, 1.807) is 7.11 Å². The van der Waals surface area contributed by atoms with Gasteiger partial charge in [0.05, 0.1) is 7.11 Å². The number of anilines is 2. The van der Waals surface area contributed by atoms with Crippen LogP contribution in [0.15, 0.2) is 24.3 Å². The van der Waals surface area contributed by atoms with Crippen LogP contribution >= 0.6 is 11.6 Å². The SMILES string of the molecule is COc1cccc(CN(C)c2nc(N)nc(Cl)n2)c1. The Morgan fingerprint density at radius 2 is 2.11 bits per heavy atom. The van der Waals surface area contributed by atoms with Crippen LogP contribution in [0.1, 0.15) is 5.56 Å². The van der Waals surface area contributed by atoms with Crippen molar-refractivity contribution in [2.45, 2.75) is 6.54 Å². The molecule has 0 amide bonds. The van der Waals surface area contributed by atoms with Crippen molar-refractivity contribution in [1.29, 1.82) is 0 Å². The maximum absolute atomic E-state index is 5.76. The van der Waals surface area contributed by atoms with Crippen LogP contribution in [0.4, 0.5) is 11.9 Å². The summed E-state index contributed by atoms with van der Waals surface area (Å²) in [4.78, 5) is 13.6. The molecule has 0 aliphatic rings. The number of nitrogen functional groups attached to an aromatic ring is 1. The topological polar surface area (TPSA) is 77.2 Å². The molecule has 19 heavy (non-hydrogen) atoms. The first-order chi connectivity index (χ1) is 9.08. The molecule has 2 rings (SSSR count). The van der Waals surface area contributed by atoms with Gasteiger partial charge in [-0.15, -0.1) is 0 Å². The summed E-state index contributed by atoms with van der Waals surface area (Å²) < 4.78 is 5.18. The van der Waals surface area contributed by atoms with E-state index in [1.165, 1.54) is 0 Å². The Hall–Kier alpha value is -2.08. The van der Waals surface area contributed by atoms with Gasteiger partial charge in [0.1, 0.15) is 5.75 Å². The minimum Gasteiger partial charge on any atom is -0.497 e. The second-order valence-corrected chi connectivity index (χ2v) is 4.31. The van der Waals surface area contributed by atoms with Crippen LogP contribution in [0, 0.1) is 0 Å². The van der Waals surface area contributed by atoms with Gasteiger partial charge in [0.2, 0.25) is 17.2 Å². The van der Waals surface area contributed by atoms with Gasteiger partial charge in [-0.3, -0.25) is 0 Å². The summed E-state index contributed by atoms with van der Waals surface area (Å²) in [6.45, 7) is 0.608. The van der Waals surface area contributed by atoms with Gasteiger partial charge in [0.25, 0.3) is 0 Å². The Morgan fingerprint density at radius 1 is 1.32 bits per heavy atom. The molecule has 0 atom stereocenters. The largest absolute Gasteiger partial charge is 0.497 e. The molecule has 0 radical (unpaired) electrons. The molecule has 0 spiro atoms. The summed E-state index contributed by atoms with van der Waals surface area (Å²) in [5.74, 6) is 1.34. The van der Waals surface area contributed by atoms with Gasteiger partial charge in [-0.2, -0.15) is 15.0 Å². The molecule has 0 saturated carbocycles. The highest BCUT2D eigenvalue weighted by molar-refractivity contribution is 6.28. The smallest absolute Gasteiger partial charge is 0.231 e. The van der Waals surface area contributed by atoms with E-state index in [2.05, 4.69) is 15.0 Å². The molecule has 0 aliphatic carbocycles. The Kier molecular flexibility index (Phi) is 4.01. The maximum Gasteiger partial charge on any atom is 0.231 e. The lowest BCUT2D eigenvalue weighted by atomic mass is 10.2. The molecule has 6 nitrogen and oxygen atoms in total. The highest BCUT2D eigenvalue weighted by Crippen LogP contribution is 2.17. The van der Waals surface area contributed by atoms with Crippen molar-refractivity contribution in [2.24, 2.45) is 0 Å². The summed E-state index contributed by atoms with van der Waals surface area (Å²) in [6.07, 6.45) is 0. The lowest BCUT2D eigenvalue weighted by Gasteiger charge is -2.17. The van der Waals surface area contributed by atoms with Gasteiger partial charge in [-0.25, -0.2) is 0 Å². The standard InChI is InChI=1S/C12H14ClN5O/c1-18(12-16-10(13)15-11(14)17-12)7-8-4-3-5-9(6-8)19-2/h3-6H,7H2,1-2H3,(H2,14,15,16,17). The molecule has 0 aliphatic heterocycles. The minimum atomic E-state index is 0.0833. The summed E-state index contributed by atoms with van der Waals surface area (Å²) >= 11 is 5.76. The molecular weight excluding hydrogens is 266 g/mol. The van der Waals surface area contributed by atoms with E-state index in [1.807, 2.05) is 36.2 Å². The van der Waals surface area contributed by atoms with Gasteiger partial charge in [-0.1, -0.05) is 12.1 Å². The zero-order valence-electron chi connectivity index (χ0n) is 10.7. The highest BCUT2D eigenvalue weighted by Gasteiger charge is 2.09. The first kappa shape index (κ1) is 13.4. The van der Waals surface area contributed by atoms with Gasteiger partial charge >= 0.3 is 0 Å². The number of nitrogens with two attached hydrogens (primary N) is 1. The summed E-state index contributed by atoms with van der Waals surface area (Å²) in [6, 6.07) is 7.76. The van der Waals surface area contributed by atoms with E-state index in [0.717, 1.165) is 11.3 Å². The van der Waals surface area contributed by atoms with Gasteiger partial charge in [0, 0.05) is 13.6 Å². The predicted molar refractivity (Wildman–Crippen MR) is 74.4 cm³/mol. The Morgan fingerprint density at radius 3 is 2.79 bits per heavy atom. The van der Waals surface area contributed by atoms with E-state index in [4.69, 9.17) is 22.1 Å². The third kappa shape index (κ3) is 3.45. The number of hydrogen-bond acceptors (Lipinski definition) is 6. The van der Waals surface area contributed by atoms with Crippen LogP contribution in [-0.4, -0.2) is 29.1 Å². The molecule has 7 heteroatoms. The zero-order chi connectivity index (χ0) is 13.8. The molecule has 0 saturated heterocycles. The van der Waals surface area contributed by atoms with Crippen molar-refractivity contribution in [1.82, 2.24) is 15.0 Å².